The molecule has 1 fully saturated rings. The molecule has 0 aromatic rings. The number of nitrogens with two attached hydrogens (primary N) is 1. The Bertz CT molecular complexity index is 742. The quantitative estimate of drug-likeness (QED) is 0.242. The van der Waals surface area contributed by atoms with Crippen LogP contribution in [0.4, 0.5) is 9.18 Å². The van der Waals surface area contributed by atoms with E-state index >= 15 is 0 Å². The number of hydrogen-bond donors (Lipinski definition) is 3. The molecule has 0 radical (unpaired) electrons. The molecule has 3 amide bonds. The van der Waals surface area contributed by atoms with Gasteiger partial charge in [0, 0.05) is 0 Å². The minimum atomic E-state index is -3.76. The van der Waals surface area contributed by atoms with E-state index in [2.05, 4.69) is 4.84 Å². The molecule has 0 unspecified atom stereocenters. The average molecular weight is 396 g/mol. The molecule has 0 aromatic heterocycles. The van der Waals surface area contributed by atoms with Crippen molar-refractivity contribution in [2.24, 2.45) is 5.14 Å². The van der Waals surface area contributed by atoms with Gasteiger partial charge in [0.15, 0.2) is 0 Å². The van der Waals surface area contributed by atoms with Crippen LogP contribution in [0.2, 0.25) is 0 Å². The second kappa shape index (κ2) is 7.53. The third-order valence-electron chi connectivity index (χ3n) is 3.61. The Morgan fingerprint density at radius 2 is 2.19 bits per heavy atom. The van der Waals surface area contributed by atoms with Crippen LogP contribution in [0.5, 0.6) is 0 Å². The van der Waals surface area contributed by atoms with Crippen molar-refractivity contribution in [3.05, 3.63) is 11.6 Å². The predicted molar refractivity (Wildman–Crippen MR) is 81.0 cm³/mol. The van der Waals surface area contributed by atoms with Crippen LogP contribution in [0, 0.1) is 0 Å². The number of primary sulfonamides is 1. The van der Waals surface area contributed by atoms with Gasteiger partial charge in [0.05, 0.1) is 24.9 Å². The zero-order chi connectivity index (χ0) is 19.6. The normalized spacial score (nSPS) is 23.7. The summed E-state index contributed by atoms with van der Waals surface area (Å²) in [5.74, 6) is -3.18. The number of aliphatic carboxylic acids is 1. The van der Waals surface area contributed by atoms with Crippen LogP contribution >= 0.6 is 0 Å². The van der Waals surface area contributed by atoms with Crippen molar-refractivity contribution in [1.82, 2.24) is 15.4 Å². The molecule has 1 saturated heterocycles. The number of alkyl halides is 1. The summed E-state index contributed by atoms with van der Waals surface area (Å²) in [6.45, 7) is 1.11. The second-order valence-corrected chi connectivity index (χ2v) is 7.32. The van der Waals surface area contributed by atoms with Gasteiger partial charge in [-0.05, 0) is 12.5 Å². The fraction of sp³-hybridized carbons (Fsp3) is 0.583. The topological polar surface area (TPSA) is 169 Å². The molecule has 2 heterocycles. The van der Waals surface area contributed by atoms with Crippen LogP contribution in [0.3, 0.4) is 0 Å². The highest BCUT2D eigenvalue weighted by atomic mass is 32.2. The van der Waals surface area contributed by atoms with Gasteiger partial charge in [-0.3, -0.25) is 9.63 Å². The first-order valence-corrected chi connectivity index (χ1v) is 8.96. The van der Waals surface area contributed by atoms with Crippen LogP contribution in [0.15, 0.2) is 11.6 Å². The van der Waals surface area contributed by atoms with Crippen LogP contribution < -0.4 is 10.6 Å². The summed E-state index contributed by atoms with van der Waals surface area (Å²) in [7, 11) is -3.76. The number of carbonyl (C=O) groups is 3. The van der Waals surface area contributed by atoms with E-state index in [1.165, 1.54) is 13.0 Å². The van der Waals surface area contributed by atoms with Gasteiger partial charge >= 0.3 is 18.4 Å². The smallest absolute Gasteiger partial charge is 0.368 e. The summed E-state index contributed by atoms with van der Waals surface area (Å²) in [4.78, 5) is 45.3. The lowest BCUT2D eigenvalue weighted by atomic mass is 10.0. The summed E-state index contributed by atoms with van der Waals surface area (Å²) >= 11 is 0. The molecule has 2 rings (SSSR count). The summed E-state index contributed by atoms with van der Waals surface area (Å²) in [5, 5.41) is 13.9. The molecule has 2 bridgehead atoms. The highest BCUT2D eigenvalue weighted by Crippen LogP contribution is 2.30. The van der Waals surface area contributed by atoms with Gasteiger partial charge in [0.2, 0.25) is 10.0 Å². The standard InChI is InChI=1S/C12H17FN4O8S/c1-6-4-7-5-16(12(21)17(7)25-9(13)11(19)20)8(6)10(18)15-24-2-3-26(14,22)23/h4,7-9H,2-3,5H2,1H3,(H,15,18)(H,19,20)(H2,14,22,23)/t7-,8+,9-/m1/s1. The van der Waals surface area contributed by atoms with E-state index in [9.17, 15) is 27.2 Å². The van der Waals surface area contributed by atoms with Crippen molar-refractivity contribution in [2.45, 2.75) is 25.4 Å². The maximum absolute atomic E-state index is 13.2. The molecule has 146 valence electrons. The third kappa shape index (κ3) is 4.46. The van der Waals surface area contributed by atoms with Gasteiger partial charge in [-0.15, -0.1) is 0 Å². The molecule has 2 aliphatic rings. The number of rotatable bonds is 8. The molecule has 12 nitrogen and oxygen atoms in total. The van der Waals surface area contributed by atoms with Crippen LogP contribution in [0.25, 0.3) is 0 Å². The number of urea groups is 1. The monoisotopic (exact) mass is 396 g/mol. The highest BCUT2D eigenvalue weighted by molar-refractivity contribution is 7.89. The lowest BCUT2D eigenvalue weighted by Crippen LogP contribution is -2.50. The highest BCUT2D eigenvalue weighted by Gasteiger charge is 2.48. The van der Waals surface area contributed by atoms with E-state index < -0.39 is 58.7 Å². The number of amides is 3. The zero-order valence-electron chi connectivity index (χ0n) is 13.5. The number of nitrogens with zero attached hydrogens (tertiary/aromatic N) is 2. The summed E-state index contributed by atoms with van der Waals surface area (Å²) in [6, 6.07) is -2.76. The summed E-state index contributed by atoms with van der Waals surface area (Å²) < 4.78 is 34.8. The van der Waals surface area contributed by atoms with E-state index in [0.717, 1.165) is 4.90 Å². The van der Waals surface area contributed by atoms with Crippen molar-refractivity contribution in [1.29, 1.82) is 0 Å². The molecule has 0 saturated carbocycles. The number of carboxylic acids is 1. The number of nitrogens with one attached hydrogen (secondary N) is 1. The molecular formula is C12H17FN4O8S. The molecule has 0 spiro atoms. The minimum absolute atomic E-state index is 0.0300. The summed E-state index contributed by atoms with van der Waals surface area (Å²) in [5.41, 5.74) is 2.43. The van der Waals surface area contributed by atoms with Crippen molar-refractivity contribution in [3.63, 3.8) is 0 Å². The number of fused-ring (bicyclic) bond motifs is 2. The molecule has 4 N–H and O–H groups in total. The number of carboxylic acid groups (broad SMARTS) is 1. The van der Waals surface area contributed by atoms with Crippen molar-refractivity contribution >= 4 is 27.9 Å². The van der Waals surface area contributed by atoms with E-state index in [1.807, 2.05) is 5.48 Å². The first-order valence-electron chi connectivity index (χ1n) is 7.25. The number of sulfonamides is 1. The lowest BCUT2D eigenvalue weighted by Gasteiger charge is -2.28. The number of hydroxylamine groups is 3. The first-order chi connectivity index (χ1) is 12.0. The Kier molecular flexibility index (Phi) is 5.80. The van der Waals surface area contributed by atoms with E-state index in [-0.39, 0.29) is 6.54 Å². The SMILES string of the molecule is CC1=C[C@@H]2CN(C(=O)N2O[C@@H](F)C(=O)O)[C@@H]1C(=O)NOCCS(N)(=O)=O. The lowest BCUT2D eigenvalue weighted by molar-refractivity contribution is -0.219. The van der Waals surface area contributed by atoms with Gasteiger partial charge in [-0.25, -0.2) is 37.9 Å². The maximum Gasteiger partial charge on any atom is 0.368 e. The van der Waals surface area contributed by atoms with E-state index in [0.29, 0.717) is 10.6 Å². The largest absolute Gasteiger partial charge is 0.477 e. The number of halogens is 1. The Morgan fingerprint density at radius 1 is 1.54 bits per heavy atom. The van der Waals surface area contributed by atoms with Crippen LogP contribution in [-0.2, 0) is 29.3 Å². The molecule has 3 atom stereocenters. The van der Waals surface area contributed by atoms with E-state index in [1.54, 1.807) is 0 Å². The molecule has 0 aliphatic carbocycles. The molecule has 26 heavy (non-hydrogen) atoms. The predicted octanol–water partition coefficient (Wildman–Crippen LogP) is -1.93. The summed E-state index contributed by atoms with van der Waals surface area (Å²) in [6.07, 6.45) is -1.27. The minimum Gasteiger partial charge on any atom is -0.477 e. The molecular weight excluding hydrogens is 379 g/mol. The van der Waals surface area contributed by atoms with Crippen molar-refractivity contribution in [2.75, 3.05) is 18.9 Å². The zero-order valence-corrected chi connectivity index (χ0v) is 14.3. The van der Waals surface area contributed by atoms with Gasteiger partial charge in [-0.1, -0.05) is 6.08 Å². The molecule has 0 aromatic carbocycles. The molecule has 14 heteroatoms. The van der Waals surface area contributed by atoms with Crippen molar-refractivity contribution < 1.29 is 42.0 Å². The second-order valence-electron chi connectivity index (χ2n) is 5.58. The average Bonchev–Trinajstić information content (AvgIpc) is 2.75. The van der Waals surface area contributed by atoms with Gasteiger partial charge in [0.25, 0.3) is 5.91 Å². The Labute approximate surface area is 147 Å². The first kappa shape index (κ1) is 20.0. The van der Waals surface area contributed by atoms with Gasteiger partial charge in [0.1, 0.15) is 6.04 Å². The van der Waals surface area contributed by atoms with Crippen LogP contribution in [0.1, 0.15) is 6.92 Å². The maximum atomic E-state index is 13.2. The van der Waals surface area contributed by atoms with Gasteiger partial charge < -0.3 is 10.0 Å². The number of hydrogen-bond acceptors (Lipinski definition) is 7. The van der Waals surface area contributed by atoms with Crippen LogP contribution in [-0.4, -0.2) is 78.7 Å². The Hall–Kier alpha value is -2.29. The van der Waals surface area contributed by atoms with Gasteiger partial charge in [-0.2, -0.15) is 5.06 Å². The molecule has 2 aliphatic heterocycles. The Balaban J connectivity index is 2.01. The van der Waals surface area contributed by atoms with Crippen molar-refractivity contribution in [3.8, 4) is 0 Å². The number of carbonyl (C=O) groups excluding carboxylic acids is 2. The fourth-order valence-corrected chi connectivity index (χ4v) is 2.87. The fourth-order valence-electron chi connectivity index (χ4n) is 2.55. The van der Waals surface area contributed by atoms with E-state index in [4.69, 9.17) is 15.1 Å². The Morgan fingerprint density at radius 3 is 2.77 bits per heavy atom. The third-order valence-corrected chi connectivity index (χ3v) is 4.34.